The third kappa shape index (κ3) is 6.18. The fraction of sp³-hybridized carbons (Fsp3) is 0.217. The normalized spacial score (nSPS) is 12.4. The van der Waals surface area contributed by atoms with Crippen LogP contribution in [0, 0.1) is 0 Å². The molecule has 4 N–H and O–H groups in total. The Balaban J connectivity index is 1.73. The number of nitrogens with zero attached hydrogens (tertiary/aromatic N) is 1. The van der Waals surface area contributed by atoms with Gasteiger partial charge in [-0.25, -0.2) is 9.78 Å². The Bertz CT molecular complexity index is 1040. The largest absolute Gasteiger partial charge is 0.497 e. The fourth-order valence-corrected chi connectivity index (χ4v) is 3.13. The van der Waals surface area contributed by atoms with Gasteiger partial charge in [0.1, 0.15) is 17.8 Å². The number of imidazole rings is 1. The van der Waals surface area contributed by atoms with Crippen LogP contribution in [0.3, 0.4) is 0 Å². The van der Waals surface area contributed by atoms with Gasteiger partial charge in [0.15, 0.2) is 0 Å². The zero-order valence-corrected chi connectivity index (χ0v) is 17.4. The standard InChI is InChI=1S/C23H24N4O5/c1-32-18-9-7-15(8-10-18)11-20(23(30)31)27-22(29)19(12-17-13-24-14-25-17)26-21(28)16-5-3-2-4-6-16/h2-10,13-14,19-20H,11-12H2,1H3,(H,24,25)(H,26,28)(H,27,29)(H,30,31). The number of carboxylic acid groups (broad SMARTS) is 1. The molecule has 9 nitrogen and oxygen atoms in total. The van der Waals surface area contributed by atoms with Crippen LogP contribution >= 0.6 is 0 Å². The van der Waals surface area contributed by atoms with Crippen molar-refractivity contribution in [3.8, 4) is 5.75 Å². The fourth-order valence-electron chi connectivity index (χ4n) is 3.13. The summed E-state index contributed by atoms with van der Waals surface area (Å²) in [5.74, 6) is -1.58. The molecule has 0 saturated heterocycles. The zero-order chi connectivity index (χ0) is 22.9. The molecule has 2 aromatic carbocycles. The van der Waals surface area contributed by atoms with Crippen molar-refractivity contribution < 1.29 is 24.2 Å². The molecule has 0 aliphatic rings. The molecule has 0 saturated carbocycles. The van der Waals surface area contributed by atoms with Crippen molar-refractivity contribution in [1.82, 2.24) is 20.6 Å². The molecular weight excluding hydrogens is 412 g/mol. The molecule has 166 valence electrons. The second kappa shape index (κ2) is 10.8. The maximum atomic E-state index is 13.0. The van der Waals surface area contributed by atoms with Crippen molar-refractivity contribution in [3.05, 3.63) is 83.9 Å². The average Bonchev–Trinajstić information content (AvgIpc) is 3.32. The summed E-state index contributed by atoms with van der Waals surface area (Å²) in [6, 6.07) is 13.2. The summed E-state index contributed by atoms with van der Waals surface area (Å²) >= 11 is 0. The lowest BCUT2D eigenvalue weighted by Gasteiger charge is -2.21. The van der Waals surface area contributed by atoms with E-state index in [4.69, 9.17) is 4.74 Å². The first-order chi connectivity index (χ1) is 15.5. The quantitative estimate of drug-likeness (QED) is 0.381. The predicted octanol–water partition coefficient (Wildman–Crippen LogP) is 1.57. The number of aromatic nitrogens is 2. The minimum atomic E-state index is -1.18. The highest BCUT2D eigenvalue weighted by Crippen LogP contribution is 2.13. The lowest BCUT2D eigenvalue weighted by atomic mass is 10.0. The number of benzene rings is 2. The van der Waals surface area contributed by atoms with E-state index < -0.39 is 29.9 Å². The molecule has 3 aromatic rings. The minimum Gasteiger partial charge on any atom is -0.497 e. The predicted molar refractivity (Wildman–Crippen MR) is 116 cm³/mol. The molecule has 1 heterocycles. The average molecular weight is 436 g/mol. The van der Waals surface area contributed by atoms with Gasteiger partial charge in [-0.1, -0.05) is 30.3 Å². The van der Waals surface area contributed by atoms with Crippen LogP contribution in [0.2, 0.25) is 0 Å². The van der Waals surface area contributed by atoms with E-state index in [0.29, 0.717) is 17.0 Å². The van der Waals surface area contributed by atoms with Gasteiger partial charge in [0.2, 0.25) is 5.91 Å². The molecule has 0 spiro atoms. The van der Waals surface area contributed by atoms with E-state index in [1.54, 1.807) is 67.9 Å². The van der Waals surface area contributed by atoms with Gasteiger partial charge in [0.05, 0.1) is 13.4 Å². The van der Waals surface area contributed by atoms with E-state index >= 15 is 0 Å². The Morgan fingerprint density at radius 3 is 2.31 bits per heavy atom. The number of carboxylic acids is 1. The van der Waals surface area contributed by atoms with E-state index in [1.807, 2.05) is 0 Å². The highest BCUT2D eigenvalue weighted by atomic mass is 16.5. The van der Waals surface area contributed by atoms with Crippen LogP contribution in [-0.2, 0) is 22.4 Å². The van der Waals surface area contributed by atoms with Gasteiger partial charge in [-0.2, -0.15) is 0 Å². The molecule has 2 atom stereocenters. The van der Waals surface area contributed by atoms with Gasteiger partial charge in [0.25, 0.3) is 5.91 Å². The molecule has 1 aromatic heterocycles. The Hall–Kier alpha value is -4.14. The van der Waals surface area contributed by atoms with Gasteiger partial charge in [0, 0.05) is 30.3 Å². The second-order valence-corrected chi connectivity index (χ2v) is 7.12. The van der Waals surface area contributed by atoms with E-state index in [0.717, 1.165) is 5.56 Å². The number of carbonyl (C=O) groups is 3. The number of hydrogen-bond acceptors (Lipinski definition) is 5. The SMILES string of the molecule is COc1ccc(CC(NC(=O)C(Cc2cnc[nH]2)NC(=O)c2ccccc2)C(=O)O)cc1. The number of carbonyl (C=O) groups excluding carboxylic acids is 2. The summed E-state index contributed by atoms with van der Waals surface area (Å²) in [6.07, 6.45) is 3.21. The Labute approximate surface area is 184 Å². The number of methoxy groups -OCH3 is 1. The van der Waals surface area contributed by atoms with Crippen molar-refractivity contribution >= 4 is 17.8 Å². The number of aromatic amines is 1. The van der Waals surface area contributed by atoms with Gasteiger partial charge in [-0.05, 0) is 29.8 Å². The Morgan fingerprint density at radius 1 is 1.00 bits per heavy atom. The summed E-state index contributed by atoms with van der Waals surface area (Å²) < 4.78 is 5.11. The highest BCUT2D eigenvalue weighted by Gasteiger charge is 2.27. The third-order valence-corrected chi connectivity index (χ3v) is 4.85. The molecular formula is C23H24N4O5. The van der Waals surface area contributed by atoms with Crippen LogP contribution in [0.5, 0.6) is 5.75 Å². The van der Waals surface area contributed by atoms with Crippen LogP contribution in [0.25, 0.3) is 0 Å². The number of nitrogens with one attached hydrogen (secondary N) is 3. The van der Waals surface area contributed by atoms with Crippen LogP contribution < -0.4 is 15.4 Å². The first-order valence-electron chi connectivity index (χ1n) is 9.95. The van der Waals surface area contributed by atoms with E-state index in [9.17, 15) is 19.5 Å². The first-order valence-corrected chi connectivity index (χ1v) is 9.95. The molecule has 0 radical (unpaired) electrons. The second-order valence-electron chi connectivity index (χ2n) is 7.12. The van der Waals surface area contributed by atoms with Crippen LogP contribution in [0.15, 0.2) is 67.1 Å². The Morgan fingerprint density at radius 2 is 1.72 bits per heavy atom. The van der Waals surface area contributed by atoms with Crippen molar-refractivity contribution in [2.45, 2.75) is 24.9 Å². The molecule has 0 fully saturated rings. The maximum Gasteiger partial charge on any atom is 0.326 e. The lowest BCUT2D eigenvalue weighted by Crippen LogP contribution is -2.53. The van der Waals surface area contributed by atoms with E-state index in [-0.39, 0.29) is 12.8 Å². The van der Waals surface area contributed by atoms with Gasteiger partial charge in [-0.3, -0.25) is 9.59 Å². The van der Waals surface area contributed by atoms with Crippen LogP contribution in [0.4, 0.5) is 0 Å². The number of amides is 2. The molecule has 2 unspecified atom stereocenters. The summed E-state index contributed by atoms with van der Waals surface area (Å²) in [7, 11) is 1.54. The molecule has 32 heavy (non-hydrogen) atoms. The van der Waals surface area contributed by atoms with Crippen molar-refractivity contribution in [2.75, 3.05) is 7.11 Å². The maximum absolute atomic E-state index is 13.0. The first kappa shape index (κ1) is 22.5. The Kier molecular flexibility index (Phi) is 7.58. The number of rotatable bonds is 10. The third-order valence-electron chi connectivity index (χ3n) is 4.85. The van der Waals surface area contributed by atoms with E-state index in [1.165, 1.54) is 6.33 Å². The summed E-state index contributed by atoms with van der Waals surface area (Å²) in [5, 5.41) is 14.9. The molecule has 9 heteroatoms. The topological polar surface area (TPSA) is 133 Å². The highest BCUT2D eigenvalue weighted by molar-refractivity contribution is 5.98. The summed E-state index contributed by atoms with van der Waals surface area (Å²) in [6.45, 7) is 0. The summed E-state index contributed by atoms with van der Waals surface area (Å²) in [4.78, 5) is 44.2. The molecule has 0 bridgehead atoms. The monoisotopic (exact) mass is 436 g/mol. The van der Waals surface area contributed by atoms with E-state index in [2.05, 4.69) is 20.6 Å². The minimum absolute atomic E-state index is 0.0779. The molecule has 0 aliphatic carbocycles. The number of ether oxygens (including phenoxy) is 1. The molecule has 2 amide bonds. The lowest BCUT2D eigenvalue weighted by molar-refractivity contribution is -0.142. The van der Waals surface area contributed by atoms with Crippen molar-refractivity contribution in [1.29, 1.82) is 0 Å². The van der Waals surface area contributed by atoms with Crippen molar-refractivity contribution in [3.63, 3.8) is 0 Å². The van der Waals surface area contributed by atoms with Gasteiger partial charge in [-0.15, -0.1) is 0 Å². The number of H-pyrrole nitrogens is 1. The molecule has 0 aliphatic heterocycles. The van der Waals surface area contributed by atoms with Gasteiger partial charge >= 0.3 is 5.97 Å². The van der Waals surface area contributed by atoms with Gasteiger partial charge < -0.3 is 25.5 Å². The smallest absolute Gasteiger partial charge is 0.326 e. The van der Waals surface area contributed by atoms with Crippen LogP contribution in [-0.4, -0.2) is 52.1 Å². The van der Waals surface area contributed by atoms with Crippen molar-refractivity contribution in [2.24, 2.45) is 0 Å². The molecule has 3 rings (SSSR count). The number of aliphatic carboxylic acids is 1. The number of hydrogen-bond donors (Lipinski definition) is 4. The zero-order valence-electron chi connectivity index (χ0n) is 17.4. The van der Waals surface area contributed by atoms with Crippen LogP contribution in [0.1, 0.15) is 21.6 Å². The summed E-state index contributed by atoms with van der Waals surface area (Å²) in [5.41, 5.74) is 1.74.